The van der Waals surface area contributed by atoms with E-state index in [9.17, 15) is 9.59 Å². The topological polar surface area (TPSA) is 67.4 Å². The standard InChI is InChI=1S/C15H22N2O3/c1-12-6-3-4-7-13(12)11-17-15(19)10-14(18)16-8-5-9-20-2/h3-4,6-7H,5,8-11H2,1-2H3,(H,16,18)(H,17,19). The van der Waals surface area contributed by atoms with Crippen molar-refractivity contribution in [3.05, 3.63) is 35.4 Å². The summed E-state index contributed by atoms with van der Waals surface area (Å²) >= 11 is 0. The number of carbonyl (C=O) groups is 2. The van der Waals surface area contributed by atoms with Crippen LogP contribution < -0.4 is 10.6 Å². The SMILES string of the molecule is COCCCNC(=O)CC(=O)NCc1ccccc1C. The monoisotopic (exact) mass is 278 g/mol. The van der Waals surface area contributed by atoms with E-state index >= 15 is 0 Å². The average molecular weight is 278 g/mol. The van der Waals surface area contributed by atoms with Crippen LogP contribution in [0.1, 0.15) is 24.0 Å². The van der Waals surface area contributed by atoms with Gasteiger partial charge >= 0.3 is 0 Å². The van der Waals surface area contributed by atoms with Gasteiger partial charge in [-0.25, -0.2) is 0 Å². The minimum Gasteiger partial charge on any atom is -0.385 e. The molecule has 0 heterocycles. The lowest BCUT2D eigenvalue weighted by atomic mass is 10.1. The Labute approximate surface area is 119 Å². The van der Waals surface area contributed by atoms with E-state index in [1.165, 1.54) is 0 Å². The molecule has 0 radical (unpaired) electrons. The Hall–Kier alpha value is -1.88. The van der Waals surface area contributed by atoms with Crippen molar-refractivity contribution in [3.63, 3.8) is 0 Å². The Morgan fingerprint density at radius 1 is 1.15 bits per heavy atom. The van der Waals surface area contributed by atoms with Crippen LogP contribution in [0.4, 0.5) is 0 Å². The van der Waals surface area contributed by atoms with Crippen molar-refractivity contribution in [2.75, 3.05) is 20.3 Å². The summed E-state index contributed by atoms with van der Waals surface area (Å²) in [6.45, 7) is 3.56. The zero-order valence-corrected chi connectivity index (χ0v) is 12.1. The predicted molar refractivity (Wildman–Crippen MR) is 77.1 cm³/mol. The number of benzene rings is 1. The van der Waals surface area contributed by atoms with Crippen molar-refractivity contribution in [3.8, 4) is 0 Å². The molecule has 1 aromatic carbocycles. The summed E-state index contributed by atoms with van der Waals surface area (Å²) in [5, 5.41) is 5.43. The zero-order chi connectivity index (χ0) is 14.8. The Bertz CT molecular complexity index is 446. The molecule has 0 saturated heterocycles. The number of amides is 2. The van der Waals surface area contributed by atoms with Crippen molar-refractivity contribution in [2.45, 2.75) is 26.3 Å². The van der Waals surface area contributed by atoms with Gasteiger partial charge in [-0.2, -0.15) is 0 Å². The molecular formula is C15H22N2O3. The molecule has 1 rings (SSSR count). The maximum Gasteiger partial charge on any atom is 0.229 e. The Kier molecular flexibility index (Phi) is 7.35. The van der Waals surface area contributed by atoms with Crippen LogP contribution in [0.2, 0.25) is 0 Å². The van der Waals surface area contributed by atoms with Gasteiger partial charge < -0.3 is 15.4 Å². The second kappa shape index (κ2) is 9.09. The fraction of sp³-hybridized carbons (Fsp3) is 0.467. The molecule has 0 bridgehead atoms. The van der Waals surface area contributed by atoms with Gasteiger partial charge in [-0.3, -0.25) is 9.59 Å². The zero-order valence-electron chi connectivity index (χ0n) is 12.1. The van der Waals surface area contributed by atoms with Crippen LogP contribution in [-0.2, 0) is 20.9 Å². The molecular weight excluding hydrogens is 256 g/mol. The molecule has 0 atom stereocenters. The molecule has 2 N–H and O–H groups in total. The maximum absolute atomic E-state index is 11.6. The minimum absolute atomic E-state index is 0.140. The van der Waals surface area contributed by atoms with E-state index in [4.69, 9.17) is 4.74 Å². The number of hydrogen-bond donors (Lipinski definition) is 2. The van der Waals surface area contributed by atoms with Gasteiger partial charge in [0.2, 0.25) is 11.8 Å². The molecule has 0 unspecified atom stereocenters. The van der Waals surface area contributed by atoms with E-state index in [0.717, 1.165) is 17.5 Å². The number of ether oxygens (including phenoxy) is 1. The molecule has 0 spiro atoms. The number of nitrogens with one attached hydrogen (secondary N) is 2. The van der Waals surface area contributed by atoms with Gasteiger partial charge in [0.25, 0.3) is 0 Å². The van der Waals surface area contributed by atoms with Crippen LogP contribution in [0.25, 0.3) is 0 Å². The summed E-state index contributed by atoms with van der Waals surface area (Å²) in [5.41, 5.74) is 2.18. The molecule has 1 aromatic rings. The summed E-state index contributed by atoms with van der Waals surface area (Å²) in [6, 6.07) is 7.83. The van der Waals surface area contributed by atoms with Crippen molar-refractivity contribution in [2.24, 2.45) is 0 Å². The lowest BCUT2D eigenvalue weighted by Gasteiger charge is -2.08. The van der Waals surface area contributed by atoms with Gasteiger partial charge in [0, 0.05) is 26.8 Å². The maximum atomic E-state index is 11.6. The quantitative estimate of drug-likeness (QED) is 0.554. The number of methoxy groups -OCH3 is 1. The van der Waals surface area contributed by atoms with Crippen LogP contribution in [-0.4, -0.2) is 32.1 Å². The highest BCUT2D eigenvalue weighted by atomic mass is 16.5. The van der Waals surface area contributed by atoms with Gasteiger partial charge in [0.1, 0.15) is 6.42 Å². The molecule has 110 valence electrons. The van der Waals surface area contributed by atoms with Crippen LogP contribution in [0.5, 0.6) is 0 Å². The first kappa shape index (κ1) is 16.2. The average Bonchev–Trinajstić information content (AvgIpc) is 2.43. The first-order valence-electron chi connectivity index (χ1n) is 6.70. The number of aryl methyl sites for hydroxylation is 1. The number of rotatable bonds is 8. The largest absolute Gasteiger partial charge is 0.385 e. The highest BCUT2D eigenvalue weighted by molar-refractivity contribution is 5.96. The first-order valence-corrected chi connectivity index (χ1v) is 6.70. The van der Waals surface area contributed by atoms with Crippen molar-refractivity contribution in [1.82, 2.24) is 10.6 Å². The van der Waals surface area contributed by atoms with Gasteiger partial charge in [0.15, 0.2) is 0 Å². The fourth-order valence-corrected chi connectivity index (χ4v) is 1.72. The lowest BCUT2D eigenvalue weighted by molar-refractivity contribution is -0.129. The summed E-state index contributed by atoms with van der Waals surface area (Å²) in [6.07, 6.45) is 0.603. The summed E-state index contributed by atoms with van der Waals surface area (Å²) in [5.74, 6) is -0.527. The third kappa shape index (κ3) is 6.33. The molecule has 0 aromatic heterocycles. The van der Waals surface area contributed by atoms with E-state index in [-0.39, 0.29) is 18.2 Å². The van der Waals surface area contributed by atoms with Crippen LogP contribution in [0.15, 0.2) is 24.3 Å². The molecule has 2 amide bonds. The highest BCUT2D eigenvalue weighted by Gasteiger charge is 2.08. The molecule has 0 aliphatic carbocycles. The smallest absolute Gasteiger partial charge is 0.229 e. The molecule has 0 fully saturated rings. The Balaban J connectivity index is 2.23. The van der Waals surface area contributed by atoms with E-state index in [0.29, 0.717) is 19.7 Å². The van der Waals surface area contributed by atoms with E-state index in [1.807, 2.05) is 31.2 Å². The molecule has 0 saturated carbocycles. The van der Waals surface area contributed by atoms with Crippen molar-refractivity contribution in [1.29, 1.82) is 0 Å². The third-order valence-electron chi connectivity index (χ3n) is 2.91. The lowest BCUT2D eigenvalue weighted by Crippen LogP contribution is -2.32. The van der Waals surface area contributed by atoms with Gasteiger partial charge in [-0.05, 0) is 24.5 Å². The fourth-order valence-electron chi connectivity index (χ4n) is 1.72. The molecule has 20 heavy (non-hydrogen) atoms. The molecule has 5 heteroatoms. The molecule has 0 aliphatic heterocycles. The van der Waals surface area contributed by atoms with Gasteiger partial charge in [0.05, 0.1) is 0 Å². The van der Waals surface area contributed by atoms with Crippen molar-refractivity contribution >= 4 is 11.8 Å². The summed E-state index contributed by atoms with van der Waals surface area (Å²) < 4.78 is 4.87. The number of carbonyl (C=O) groups excluding carboxylic acids is 2. The van der Waals surface area contributed by atoms with Crippen LogP contribution in [0.3, 0.4) is 0 Å². The second-order valence-corrected chi connectivity index (χ2v) is 4.58. The van der Waals surface area contributed by atoms with Crippen molar-refractivity contribution < 1.29 is 14.3 Å². The Morgan fingerprint density at radius 3 is 2.55 bits per heavy atom. The summed E-state index contributed by atoms with van der Waals surface area (Å²) in [4.78, 5) is 23.1. The van der Waals surface area contributed by atoms with Gasteiger partial charge in [-0.1, -0.05) is 24.3 Å². The van der Waals surface area contributed by atoms with E-state index in [1.54, 1.807) is 7.11 Å². The minimum atomic E-state index is -0.266. The van der Waals surface area contributed by atoms with E-state index in [2.05, 4.69) is 10.6 Å². The van der Waals surface area contributed by atoms with Gasteiger partial charge in [-0.15, -0.1) is 0 Å². The second-order valence-electron chi connectivity index (χ2n) is 4.58. The predicted octanol–water partition coefficient (Wildman–Crippen LogP) is 1.15. The Morgan fingerprint density at radius 2 is 1.85 bits per heavy atom. The van der Waals surface area contributed by atoms with Crippen LogP contribution in [0, 0.1) is 6.92 Å². The summed E-state index contributed by atoms with van der Waals surface area (Å²) in [7, 11) is 1.61. The highest BCUT2D eigenvalue weighted by Crippen LogP contribution is 2.05. The number of hydrogen-bond acceptors (Lipinski definition) is 3. The molecule has 0 aliphatic rings. The normalized spacial score (nSPS) is 10.1. The molecule has 5 nitrogen and oxygen atoms in total. The third-order valence-corrected chi connectivity index (χ3v) is 2.91. The van der Waals surface area contributed by atoms with E-state index < -0.39 is 0 Å². The first-order chi connectivity index (χ1) is 9.63. The van der Waals surface area contributed by atoms with Crippen LogP contribution >= 0.6 is 0 Å².